The fourth-order valence-electron chi connectivity index (χ4n) is 1.81. The van der Waals surface area contributed by atoms with Gasteiger partial charge in [0, 0.05) is 10.0 Å². The van der Waals surface area contributed by atoms with Gasteiger partial charge < -0.3 is 5.73 Å². The van der Waals surface area contributed by atoms with E-state index in [1.54, 1.807) is 0 Å². The molecule has 0 fully saturated rings. The molecule has 72 valence electrons. The van der Waals surface area contributed by atoms with Crippen molar-refractivity contribution in [3.63, 3.8) is 0 Å². The zero-order valence-electron chi connectivity index (χ0n) is 8.61. The second-order valence-electron chi connectivity index (χ2n) is 4.09. The van der Waals surface area contributed by atoms with Crippen LogP contribution >= 0.6 is 15.9 Å². The van der Waals surface area contributed by atoms with Crippen LogP contribution in [0.3, 0.4) is 0 Å². The summed E-state index contributed by atoms with van der Waals surface area (Å²) in [5.41, 5.74) is 9.58. The molecule has 0 aliphatic heterocycles. The van der Waals surface area contributed by atoms with Crippen LogP contribution in [-0.4, -0.2) is 0 Å². The highest BCUT2D eigenvalue weighted by Gasteiger charge is 2.19. The van der Waals surface area contributed by atoms with Crippen molar-refractivity contribution in [1.82, 2.24) is 0 Å². The summed E-state index contributed by atoms with van der Waals surface area (Å²) in [6.45, 7) is 8.27. The van der Waals surface area contributed by atoms with Gasteiger partial charge in [0.1, 0.15) is 0 Å². The van der Waals surface area contributed by atoms with Crippen LogP contribution in [0.5, 0.6) is 0 Å². The zero-order chi connectivity index (χ0) is 10.2. The molecule has 0 saturated heterocycles. The van der Waals surface area contributed by atoms with E-state index in [1.807, 2.05) is 13.8 Å². The molecule has 0 aliphatic carbocycles. The molecule has 0 saturated carbocycles. The zero-order valence-corrected chi connectivity index (χ0v) is 10.2. The standard InChI is InChI=1S/C11H16BrN/c1-7-5-6-9(12)8(2)10(7)11(3,4)13/h5-6H,13H2,1-4H3. The third kappa shape index (κ3) is 2.12. The Bertz CT molecular complexity index is 324. The summed E-state index contributed by atoms with van der Waals surface area (Å²) in [7, 11) is 0. The highest BCUT2D eigenvalue weighted by molar-refractivity contribution is 9.10. The average Bonchev–Trinajstić information content (AvgIpc) is 1.95. The van der Waals surface area contributed by atoms with Crippen molar-refractivity contribution in [3.05, 3.63) is 33.3 Å². The maximum Gasteiger partial charge on any atom is 0.0358 e. The molecule has 13 heavy (non-hydrogen) atoms. The first-order valence-corrected chi connectivity index (χ1v) is 5.18. The van der Waals surface area contributed by atoms with E-state index < -0.39 is 0 Å². The van der Waals surface area contributed by atoms with E-state index >= 15 is 0 Å². The fraction of sp³-hybridized carbons (Fsp3) is 0.455. The molecule has 1 rings (SSSR count). The minimum Gasteiger partial charge on any atom is -0.322 e. The molecule has 0 radical (unpaired) electrons. The molecule has 2 N–H and O–H groups in total. The van der Waals surface area contributed by atoms with E-state index in [4.69, 9.17) is 5.73 Å². The Kier molecular flexibility index (Phi) is 2.83. The normalized spacial score (nSPS) is 11.8. The molecular formula is C11H16BrN. The van der Waals surface area contributed by atoms with Gasteiger partial charge in [0.15, 0.2) is 0 Å². The number of hydrogen-bond acceptors (Lipinski definition) is 1. The number of benzene rings is 1. The Morgan fingerprint density at radius 2 is 1.77 bits per heavy atom. The Morgan fingerprint density at radius 1 is 1.23 bits per heavy atom. The van der Waals surface area contributed by atoms with E-state index in [2.05, 4.69) is 41.9 Å². The van der Waals surface area contributed by atoms with Crippen molar-refractivity contribution in [2.45, 2.75) is 33.2 Å². The lowest BCUT2D eigenvalue weighted by Crippen LogP contribution is -2.30. The lowest BCUT2D eigenvalue weighted by atomic mass is 9.88. The van der Waals surface area contributed by atoms with Crippen molar-refractivity contribution >= 4 is 15.9 Å². The van der Waals surface area contributed by atoms with Crippen LogP contribution in [0.4, 0.5) is 0 Å². The fourth-order valence-corrected chi connectivity index (χ4v) is 2.14. The van der Waals surface area contributed by atoms with Gasteiger partial charge >= 0.3 is 0 Å². The molecule has 0 spiro atoms. The molecule has 0 amide bonds. The van der Waals surface area contributed by atoms with Gasteiger partial charge in [-0.1, -0.05) is 22.0 Å². The maximum absolute atomic E-state index is 6.11. The molecule has 0 bridgehead atoms. The monoisotopic (exact) mass is 241 g/mol. The Morgan fingerprint density at radius 3 is 2.15 bits per heavy atom. The van der Waals surface area contributed by atoms with Gasteiger partial charge in [-0.3, -0.25) is 0 Å². The van der Waals surface area contributed by atoms with Gasteiger partial charge in [0.05, 0.1) is 0 Å². The summed E-state index contributed by atoms with van der Waals surface area (Å²) in [5.74, 6) is 0. The third-order valence-corrected chi connectivity index (χ3v) is 3.11. The highest BCUT2D eigenvalue weighted by Crippen LogP contribution is 2.29. The third-order valence-electron chi connectivity index (χ3n) is 2.25. The lowest BCUT2D eigenvalue weighted by Gasteiger charge is -2.24. The van der Waals surface area contributed by atoms with E-state index in [9.17, 15) is 0 Å². The van der Waals surface area contributed by atoms with Crippen LogP contribution in [0.15, 0.2) is 16.6 Å². The average molecular weight is 242 g/mol. The van der Waals surface area contributed by atoms with Crippen molar-refractivity contribution in [2.24, 2.45) is 5.73 Å². The first-order chi connectivity index (χ1) is 5.84. The first-order valence-electron chi connectivity index (χ1n) is 4.39. The number of hydrogen-bond donors (Lipinski definition) is 1. The first kappa shape index (κ1) is 10.7. The molecule has 1 nitrogen and oxygen atoms in total. The van der Waals surface area contributed by atoms with Gasteiger partial charge in [-0.05, 0) is 50.5 Å². The van der Waals surface area contributed by atoms with Crippen molar-refractivity contribution in [3.8, 4) is 0 Å². The predicted octanol–water partition coefficient (Wildman–Crippen LogP) is 3.26. The Labute approximate surface area is 88.5 Å². The van der Waals surface area contributed by atoms with Gasteiger partial charge in [0.25, 0.3) is 0 Å². The summed E-state index contributed by atoms with van der Waals surface area (Å²) in [6.07, 6.45) is 0. The molecular weight excluding hydrogens is 226 g/mol. The number of aryl methyl sites for hydroxylation is 1. The van der Waals surface area contributed by atoms with Crippen LogP contribution in [0.1, 0.15) is 30.5 Å². The molecule has 1 aromatic rings. The SMILES string of the molecule is Cc1ccc(Br)c(C)c1C(C)(C)N. The summed E-state index contributed by atoms with van der Waals surface area (Å²) in [5, 5.41) is 0. The maximum atomic E-state index is 6.11. The largest absolute Gasteiger partial charge is 0.322 e. The van der Waals surface area contributed by atoms with Gasteiger partial charge in [-0.2, -0.15) is 0 Å². The molecule has 2 heteroatoms. The van der Waals surface area contributed by atoms with E-state index in [1.165, 1.54) is 16.7 Å². The van der Waals surface area contributed by atoms with Crippen molar-refractivity contribution < 1.29 is 0 Å². The van der Waals surface area contributed by atoms with Crippen LogP contribution in [0, 0.1) is 13.8 Å². The lowest BCUT2D eigenvalue weighted by molar-refractivity contribution is 0.546. The number of halogens is 1. The van der Waals surface area contributed by atoms with Gasteiger partial charge in [-0.25, -0.2) is 0 Å². The smallest absolute Gasteiger partial charge is 0.0358 e. The summed E-state index contributed by atoms with van der Waals surface area (Å²) in [4.78, 5) is 0. The molecule has 1 aromatic carbocycles. The highest BCUT2D eigenvalue weighted by atomic mass is 79.9. The number of nitrogens with two attached hydrogens (primary N) is 1. The summed E-state index contributed by atoms with van der Waals surface area (Å²) < 4.78 is 1.13. The van der Waals surface area contributed by atoms with Crippen LogP contribution < -0.4 is 5.73 Å². The van der Waals surface area contributed by atoms with Gasteiger partial charge in [-0.15, -0.1) is 0 Å². The molecule has 0 heterocycles. The molecule has 0 aromatic heterocycles. The van der Waals surface area contributed by atoms with Crippen LogP contribution in [-0.2, 0) is 5.54 Å². The number of rotatable bonds is 1. The molecule has 0 aliphatic rings. The Balaban J connectivity index is 3.43. The quantitative estimate of drug-likeness (QED) is 0.803. The second kappa shape index (κ2) is 3.43. The van der Waals surface area contributed by atoms with Crippen LogP contribution in [0.25, 0.3) is 0 Å². The summed E-state index contributed by atoms with van der Waals surface area (Å²) >= 11 is 3.52. The minimum absolute atomic E-state index is 0.266. The van der Waals surface area contributed by atoms with E-state index in [0.29, 0.717) is 0 Å². The molecule has 0 unspecified atom stereocenters. The predicted molar refractivity (Wildman–Crippen MR) is 60.8 cm³/mol. The van der Waals surface area contributed by atoms with Crippen LogP contribution in [0.2, 0.25) is 0 Å². The van der Waals surface area contributed by atoms with E-state index in [0.717, 1.165) is 4.47 Å². The summed E-state index contributed by atoms with van der Waals surface area (Å²) in [6, 6.07) is 4.17. The van der Waals surface area contributed by atoms with Gasteiger partial charge in [0.2, 0.25) is 0 Å². The van der Waals surface area contributed by atoms with Crippen molar-refractivity contribution in [1.29, 1.82) is 0 Å². The molecule has 0 atom stereocenters. The van der Waals surface area contributed by atoms with E-state index in [-0.39, 0.29) is 5.54 Å². The minimum atomic E-state index is -0.266. The Hall–Kier alpha value is -0.340. The topological polar surface area (TPSA) is 26.0 Å². The second-order valence-corrected chi connectivity index (χ2v) is 4.94. The van der Waals surface area contributed by atoms with Crippen molar-refractivity contribution in [2.75, 3.05) is 0 Å².